The number of carbonyl (C=O) groups is 2. The Hall–Kier alpha value is -1.86. The standard InChI is InChI=1S/C19H29NO5Si/c1-14(25-26(5,6)19(2,3)4)16-17(21)24-13-20(16)18(22)23-12-15-10-8-7-9-11-15/h7-11,14,16H,12-13H2,1-6H3/t14-,16+/m1/s1. The van der Waals surface area contributed by atoms with E-state index in [1.807, 2.05) is 37.3 Å². The Labute approximate surface area is 156 Å². The summed E-state index contributed by atoms with van der Waals surface area (Å²) in [6.45, 7) is 12.5. The van der Waals surface area contributed by atoms with Crippen LogP contribution in [0, 0.1) is 0 Å². The fraction of sp³-hybridized carbons (Fsp3) is 0.579. The monoisotopic (exact) mass is 379 g/mol. The van der Waals surface area contributed by atoms with Crippen molar-refractivity contribution in [2.75, 3.05) is 6.73 Å². The zero-order chi connectivity index (χ0) is 19.5. The number of ether oxygens (including phenoxy) is 2. The normalized spacial score (nSPS) is 19.2. The van der Waals surface area contributed by atoms with Crippen LogP contribution in [0.4, 0.5) is 4.79 Å². The number of carbonyl (C=O) groups excluding carboxylic acids is 2. The second-order valence-corrected chi connectivity index (χ2v) is 12.9. The van der Waals surface area contributed by atoms with Crippen molar-refractivity contribution in [2.45, 2.75) is 64.6 Å². The first kappa shape index (κ1) is 20.4. The third-order valence-corrected chi connectivity index (χ3v) is 9.67. The van der Waals surface area contributed by atoms with E-state index in [-0.39, 0.29) is 18.4 Å². The summed E-state index contributed by atoms with van der Waals surface area (Å²) in [4.78, 5) is 26.0. The molecule has 2 atom stereocenters. The van der Waals surface area contributed by atoms with Crippen LogP contribution in [0.1, 0.15) is 33.3 Å². The van der Waals surface area contributed by atoms with Crippen molar-refractivity contribution in [1.29, 1.82) is 0 Å². The minimum atomic E-state index is -2.09. The largest absolute Gasteiger partial charge is 0.444 e. The van der Waals surface area contributed by atoms with Crippen molar-refractivity contribution in [3.63, 3.8) is 0 Å². The first-order valence-corrected chi connectivity index (χ1v) is 11.8. The first-order chi connectivity index (χ1) is 12.0. The van der Waals surface area contributed by atoms with Crippen LogP contribution in [0.2, 0.25) is 18.1 Å². The molecule has 144 valence electrons. The molecule has 26 heavy (non-hydrogen) atoms. The molecule has 1 fully saturated rings. The van der Waals surface area contributed by atoms with Crippen LogP contribution < -0.4 is 0 Å². The molecular weight excluding hydrogens is 350 g/mol. The smallest absolute Gasteiger partial charge is 0.413 e. The van der Waals surface area contributed by atoms with Crippen LogP contribution >= 0.6 is 0 Å². The number of hydrogen-bond acceptors (Lipinski definition) is 5. The lowest BCUT2D eigenvalue weighted by molar-refractivity contribution is -0.140. The summed E-state index contributed by atoms with van der Waals surface area (Å²) < 4.78 is 16.7. The molecule has 1 aliphatic heterocycles. The van der Waals surface area contributed by atoms with Crippen molar-refractivity contribution < 1.29 is 23.5 Å². The highest BCUT2D eigenvalue weighted by Crippen LogP contribution is 2.38. The summed E-state index contributed by atoms with van der Waals surface area (Å²) >= 11 is 0. The summed E-state index contributed by atoms with van der Waals surface area (Å²) in [7, 11) is -2.09. The molecule has 6 nitrogen and oxygen atoms in total. The molecule has 0 bridgehead atoms. The van der Waals surface area contributed by atoms with Gasteiger partial charge >= 0.3 is 12.1 Å². The number of nitrogens with zero attached hydrogens (tertiary/aromatic N) is 1. The topological polar surface area (TPSA) is 65.1 Å². The van der Waals surface area contributed by atoms with Crippen molar-refractivity contribution in [1.82, 2.24) is 4.90 Å². The summed E-state index contributed by atoms with van der Waals surface area (Å²) in [5.41, 5.74) is 0.884. The minimum Gasteiger partial charge on any atom is -0.444 e. The number of rotatable bonds is 5. The summed E-state index contributed by atoms with van der Waals surface area (Å²) in [6.07, 6.45) is -1.04. The number of esters is 1. The lowest BCUT2D eigenvalue weighted by Crippen LogP contribution is -2.52. The number of hydrogen-bond donors (Lipinski definition) is 0. The Balaban J connectivity index is 2.04. The lowest BCUT2D eigenvalue weighted by Gasteiger charge is -2.40. The quantitative estimate of drug-likeness (QED) is 0.573. The van der Waals surface area contributed by atoms with Gasteiger partial charge in [-0.3, -0.25) is 4.90 Å². The predicted octanol–water partition coefficient (Wildman–Crippen LogP) is 3.92. The van der Waals surface area contributed by atoms with Gasteiger partial charge in [-0.25, -0.2) is 9.59 Å². The maximum absolute atomic E-state index is 12.5. The first-order valence-electron chi connectivity index (χ1n) is 8.85. The minimum absolute atomic E-state index is 0.00240. The van der Waals surface area contributed by atoms with Crippen molar-refractivity contribution in [2.24, 2.45) is 0 Å². The Bertz CT molecular complexity index is 641. The lowest BCUT2D eigenvalue weighted by atomic mass is 10.2. The Kier molecular flexibility index (Phi) is 6.13. The zero-order valence-corrected chi connectivity index (χ0v) is 17.4. The second kappa shape index (κ2) is 7.80. The van der Waals surface area contributed by atoms with Crippen LogP contribution in [0.25, 0.3) is 0 Å². The van der Waals surface area contributed by atoms with E-state index in [1.54, 1.807) is 0 Å². The van der Waals surface area contributed by atoms with Crippen LogP contribution in [0.15, 0.2) is 30.3 Å². The predicted molar refractivity (Wildman–Crippen MR) is 101 cm³/mol. The molecule has 0 radical (unpaired) electrons. The number of benzene rings is 1. The molecule has 0 unspecified atom stereocenters. The van der Waals surface area contributed by atoms with Crippen LogP contribution in [0.5, 0.6) is 0 Å². The van der Waals surface area contributed by atoms with Gasteiger partial charge in [0.15, 0.2) is 21.1 Å². The summed E-state index contributed by atoms with van der Waals surface area (Å²) in [6, 6.07) is 8.62. The van der Waals surface area contributed by atoms with Crippen LogP contribution in [0.3, 0.4) is 0 Å². The van der Waals surface area contributed by atoms with Gasteiger partial charge < -0.3 is 13.9 Å². The fourth-order valence-corrected chi connectivity index (χ4v) is 3.96. The van der Waals surface area contributed by atoms with Crippen molar-refractivity contribution in [3.05, 3.63) is 35.9 Å². The highest BCUT2D eigenvalue weighted by molar-refractivity contribution is 6.74. The molecule has 0 spiro atoms. The molecular formula is C19H29NO5Si. The van der Waals surface area contributed by atoms with Gasteiger partial charge in [0.25, 0.3) is 0 Å². The molecule has 7 heteroatoms. The van der Waals surface area contributed by atoms with Crippen LogP contribution in [-0.4, -0.2) is 44.2 Å². The summed E-state index contributed by atoms with van der Waals surface area (Å²) in [5.74, 6) is -0.451. The van der Waals surface area contributed by atoms with E-state index in [2.05, 4.69) is 33.9 Å². The maximum Gasteiger partial charge on any atom is 0.413 e. The highest BCUT2D eigenvalue weighted by Gasteiger charge is 2.47. The van der Waals surface area contributed by atoms with Gasteiger partial charge in [0, 0.05) is 0 Å². The third-order valence-electron chi connectivity index (χ3n) is 5.09. The third kappa shape index (κ3) is 4.65. The highest BCUT2D eigenvalue weighted by atomic mass is 28.4. The van der Waals surface area contributed by atoms with Crippen molar-refractivity contribution >= 4 is 20.4 Å². The molecule has 0 N–H and O–H groups in total. The van der Waals surface area contributed by atoms with E-state index in [0.717, 1.165) is 5.56 Å². The molecule has 1 aliphatic rings. The van der Waals surface area contributed by atoms with Gasteiger partial charge in [0.2, 0.25) is 0 Å². The van der Waals surface area contributed by atoms with Gasteiger partial charge in [-0.15, -0.1) is 0 Å². The zero-order valence-electron chi connectivity index (χ0n) is 16.4. The molecule has 1 heterocycles. The second-order valence-electron chi connectivity index (χ2n) is 8.13. The van der Waals surface area contributed by atoms with E-state index < -0.39 is 32.5 Å². The maximum atomic E-state index is 12.5. The SMILES string of the molecule is C[C@@H](O[Si](C)(C)C(C)(C)C)[C@H]1C(=O)OCN1C(=O)OCc1ccccc1. The van der Waals surface area contributed by atoms with Gasteiger partial charge in [-0.1, -0.05) is 51.1 Å². The van der Waals surface area contributed by atoms with E-state index in [0.29, 0.717) is 0 Å². The fourth-order valence-electron chi connectivity index (χ4n) is 2.55. The Morgan fingerprint density at radius 3 is 2.50 bits per heavy atom. The Morgan fingerprint density at radius 2 is 1.92 bits per heavy atom. The molecule has 1 saturated heterocycles. The molecule has 2 rings (SSSR count). The molecule has 1 aromatic rings. The van der Waals surface area contributed by atoms with Gasteiger partial charge in [-0.05, 0) is 30.6 Å². The van der Waals surface area contributed by atoms with E-state index in [9.17, 15) is 9.59 Å². The van der Waals surface area contributed by atoms with Gasteiger partial charge in [0.1, 0.15) is 6.61 Å². The van der Waals surface area contributed by atoms with Crippen LogP contribution in [-0.2, 0) is 25.3 Å². The molecule has 0 aromatic heterocycles. The number of cyclic esters (lactones) is 1. The van der Waals surface area contributed by atoms with Gasteiger partial charge in [0.05, 0.1) is 6.10 Å². The van der Waals surface area contributed by atoms with E-state index >= 15 is 0 Å². The molecule has 1 amide bonds. The van der Waals surface area contributed by atoms with E-state index in [1.165, 1.54) is 4.90 Å². The average molecular weight is 380 g/mol. The molecule has 1 aromatic carbocycles. The summed E-state index contributed by atoms with van der Waals surface area (Å²) in [5, 5.41) is 0.00240. The number of amides is 1. The molecule has 0 aliphatic carbocycles. The van der Waals surface area contributed by atoms with Crippen molar-refractivity contribution in [3.8, 4) is 0 Å². The molecule has 0 saturated carbocycles. The Morgan fingerprint density at radius 1 is 1.31 bits per heavy atom. The van der Waals surface area contributed by atoms with Gasteiger partial charge in [-0.2, -0.15) is 0 Å². The average Bonchev–Trinajstić information content (AvgIpc) is 2.94. The van der Waals surface area contributed by atoms with E-state index in [4.69, 9.17) is 13.9 Å².